The van der Waals surface area contributed by atoms with Crippen molar-refractivity contribution in [3.63, 3.8) is 0 Å². The minimum Gasteiger partial charge on any atom is -0.492 e. The van der Waals surface area contributed by atoms with Gasteiger partial charge in [-0.25, -0.2) is 9.97 Å². The lowest BCUT2D eigenvalue weighted by atomic mass is 10.0. The van der Waals surface area contributed by atoms with Gasteiger partial charge in [-0.05, 0) is 11.6 Å². The Balaban J connectivity index is 2.05. The van der Waals surface area contributed by atoms with E-state index in [9.17, 15) is 0 Å². The second-order valence-electron chi connectivity index (χ2n) is 4.48. The summed E-state index contributed by atoms with van der Waals surface area (Å²) in [5.41, 5.74) is 7.85. The van der Waals surface area contributed by atoms with Gasteiger partial charge < -0.3 is 14.9 Å². The van der Waals surface area contributed by atoms with Crippen molar-refractivity contribution < 1.29 is 9.15 Å². The predicted octanol–water partition coefficient (Wildman–Crippen LogP) is 2.41. The average molecular weight is 253 g/mol. The molecular weight excluding hydrogens is 242 g/mol. The molecule has 0 bridgehead atoms. The van der Waals surface area contributed by atoms with Crippen molar-refractivity contribution in [3.8, 4) is 17.3 Å². The summed E-state index contributed by atoms with van der Waals surface area (Å²) in [6.07, 6.45) is 4.04. The van der Waals surface area contributed by atoms with E-state index >= 15 is 0 Å². The van der Waals surface area contributed by atoms with E-state index in [1.165, 1.54) is 11.8 Å². The highest BCUT2D eigenvalue weighted by molar-refractivity contribution is 5.98. The Labute approximate surface area is 109 Å². The molecule has 0 saturated carbocycles. The van der Waals surface area contributed by atoms with E-state index in [0.717, 1.165) is 22.9 Å². The number of oxazole rings is 1. The van der Waals surface area contributed by atoms with E-state index in [1.54, 1.807) is 6.20 Å². The maximum Gasteiger partial charge on any atom is 0.245 e. The maximum absolute atomic E-state index is 6.02. The lowest BCUT2D eigenvalue weighted by molar-refractivity contribution is 0.360. The van der Waals surface area contributed by atoms with Crippen LogP contribution in [0, 0.1) is 0 Å². The summed E-state index contributed by atoms with van der Waals surface area (Å²) in [5, 5.41) is 1.87. The summed E-state index contributed by atoms with van der Waals surface area (Å²) >= 11 is 0. The third-order valence-corrected chi connectivity index (χ3v) is 3.34. The first-order valence-corrected chi connectivity index (χ1v) is 6.08. The molecule has 0 unspecified atom stereocenters. The number of aromatic nitrogens is 2. The largest absolute Gasteiger partial charge is 0.492 e. The van der Waals surface area contributed by atoms with Gasteiger partial charge in [0.25, 0.3) is 0 Å². The van der Waals surface area contributed by atoms with Crippen LogP contribution in [-0.4, -0.2) is 16.6 Å². The first-order chi connectivity index (χ1) is 9.33. The smallest absolute Gasteiger partial charge is 0.245 e. The zero-order chi connectivity index (χ0) is 12.8. The van der Waals surface area contributed by atoms with Gasteiger partial charge in [0.15, 0.2) is 0 Å². The first-order valence-electron chi connectivity index (χ1n) is 6.08. The van der Waals surface area contributed by atoms with Gasteiger partial charge in [0.05, 0.1) is 12.8 Å². The second kappa shape index (κ2) is 3.71. The lowest BCUT2D eigenvalue weighted by Gasteiger charge is -2.08. The molecule has 0 fully saturated rings. The van der Waals surface area contributed by atoms with Gasteiger partial charge in [0, 0.05) is 17.2 Å². The summed E-state index contributed by atoms with van der Waals surface area (Å²) in [7, 11) is 0. The number of nitrogens with zero attached hydrogens (tertiary/aromatic N) is 2. The number of hydrogen-bond donors (Lipinski definition) is 1. The number of pyridine rings is 1. The number of nitrogens with two attached hydrogens (primary N) is 1. The number of rotatable bonds is 1. The van der Waals surface area contributed by atoms with E-state index in [0.29, 0.717) is 24.0 Å². The molecular formula is C14H11N3O2. The van der Waals surface area contributed by atoms with Crippen LogP contribution in [0.25, 0.3) is 22.4 Å². The van der Waals surface area contributed by atoms with Crippen molar-refractivity contribution in [2.75, 3.05) is 12.3 Å². The topological polar surface area (TPSA) is 74.2 Å². The number of ether oxygens (including phenoxy) is 1. The fourth-order valence-corrected chi connectivity index (χ4v) is 2.46. The van der Waals surface area contributed by atoms with Crippen molar-refractivity contribution in [3.05, 3.63) is 36.2 Å². The third kappa shape index (κ3) is 1.48. The normalized spacial score (nSPS) is 13.5. The number of anilines is 1. The number of nitrogen functional groups attached to an aromatic ring is 1. The van der Waals surface area contributed by atoms with E-state index < -0.39 is 0 Å². The van der Waals surface area contributed by atoms with E-state index in [4.69, 9.17) is 14.9 Å². The highest BCUT2D eigenvalue weighted by Gasteiger charge is 2.18. The molecule has 2 N–H and O–H groups in total. The SMILES string of the molecule is Nc1nc(-c2ncco2)cc2c3c(ccc12)CCO3. The fraction of sp³-hybridized carbons (Fsp3) is 0.143. The minimum absolute atomic E-state index is 0.462. The van der Waals surface area contributed by atoms with Gasteiger partial charge in [0.2, 0.25) is 5.89 Å². The number of benzene rings is 1. The molecule has 3 aromatic rings. The van der Waals surface area contributed by atoms with Crippen LogP contribution in [0.15, 0.2) is 35.1 Å². The van der Waals surface area contributed by atoms with Crippen LogP contribution in [-0.2, 0) is 6.42 Å². The van der Waals surface area contributed by atoms with Crippen LogP contribution in [0.5, 0.6) is 5.75 Å². The quantitative estimate of drug-likeness (QED) is 0.720. The summed E-state index contributed by atoms with van der Waals surface area (Å²) in [6, 6.07) is 5.96. The molecule has 0 amide bonds. The summed E-state index contributed by atoms with van der Waals surface area (Å²) < 4.78 is 11.0. The Morgan fingerprint density at radius 2 is 2.16 bits per heavy atom. The van der Waals surface area contributed by atoms with Crippen molar-refractivity contribution >= 4 is 16.6 Å². The van der Waals surface area contributed by atoms with Crippen molar-refractivity contribution in [1.29, 1.82) is 0 Å². The Morgan fingerprint density at radius 1 is 1.21 bits per heavy atom. The Hall–Kier alpha value is -2.56. The monoisotopic (exact) mass is 253 g/mol. The number of fused-ring (bicyclic) bond motifs is 3. The van der Waals surface area contributed by atoms with E-state index in [1.807, 2.05) is 18.2 Å². The Bertz CT molecular complexity index is 766. The molecule has 5 heteroatoms. The second-order valence-corrected chi connectivity index (χ2v) is 4.48. The molecule has 0 atom stereocenters. The molecule has 19 heavy (non-hydrogen) atoms. The third-order valence-electron chi connectivity index (χ3n) is 3.34. The molecule has 94 valence electrons. The number of hydrogen-bond acceptors (Lipinski definition) is 5. The first kappa shape index (κ1) is 10.4. The zero-order valence-corrected chi connectivity index (χ0v) is 10.1. The molecule has 0 saturated heterocycles. The van der Waals surface area contributed by atoms with Crippen LogP contribution in [0.1, 0.15) is 5.56 Å². The molecule has 4 rings (SSSR count). The molecule has 0 aliphatic carbocycles. The van der Waals surface area contributed by atoms with Crippen molar-refractivity contribution in [1.82, 2.24) is 9.97 Å². The van der Waals surface area contributed by atoms with Crippen LogP contribution in [0.3, 0.4) is 0 Å². The molecule has 1 aromatic carbocycles. The van der Waals surface area contributed by atoms with Crippen molar-refractivity contribution in [2.45, 2.75) is 6.42 Å². The van der Waals surface area contributed by atoms with Crippen LogP contribution in [0.4, 0.5) is 5.82 Å². The Kier molecular flexibility index (Phi) is 2.03. The highest BCUT2D eigenvalue weighted by Crippen LogP contribution is 2.37. The molecule has 3 heterocycles. The zero-order valence-electron chi connectivity index (χ0n) is 10.1. The minimum atomic E-state index is 0.462. The molecule has 2 aromatic heterocycles. The van der Waals surface area contributed by atoms with Crippen LogP contribution < -0.4 is 10.5 Å². The predicted molar refractivity (Wildman–Crippen MR) is 70.9 cm³/mol. The molecule has 1 aliphatic heterocycles. The standard InChI is InChI=1S/C14H11N3O2/c15-13-9-2-1-8-3-5-18-12(8)10(9)7-11(17-13)14-16-4-6-19-14/h1-2,4,6-7H,3,5H2,(H2,15,17). The molecule has 0 radical (unpaired) electrons. The van der Waals surface area contributed by atoms with Crippen LogP contribution >= 0.6 is 0 Å². The molecule has 5 nitrogen and oxygen atoms in total. The Morgan fingerprint density at radius 3 is 3.00 bits per heavy atom. The summed E-state index contributed by atoms with van der Waals surface area (Å²) in [6.45, 7) is 0.713. The van der Waals surface area contributed by atoms with Gasteiger partial charge in [-0.1, -0.05) is 12.1 Å². The molecule has 0 spiro atoms. The van der Waals surface area contributed by atoms with Gasteiger partial charge in [-0.3, -0.25) is 0 Å². The average Bonchev–Trinajstić information content (AvgIpc) is 3.09. The fourth-order valence-electron chi connectivity index (χ4n) is 2.46. The van der Waals surface area contributed by atoms with Gasteiger partial charge in [-0.2, -0.15) is 0 Å². The van der Waals surface area contributed by atoms with Gasteiger partial charge in [-0.15, -0.1) is 0 Å². The summed E-state index contributed by atoms with van der Waals surface area (Å²) in [5.74, 6) is 1.83. The summed E-state index contributed by atoms with van der Waals surface area (Å²) in [4.78, 5) is 8.44. The van der Waals surface area contributed by atoms with Gasteiger partial charge in [0.1, 0.15) is 23.5 Å². The van der Waals surface area contributed by atoms with Crippen LogP contribution in [0.2, 0.25) is 0 Å². The van der Waals surface area contributed by atoms with E-state index in [-0.39, 0.29) is 0 Å². The van der Waals surface area contributed by atoms with Crippen molar-refractivity contribution in [2.24, 2.45) is 0 Å². The van der Waals surface area contributed by atoms with Gasteiger partial charge >= 0.3 is 0 Å². The highest BCUT2D eigenvalue weighted by atomic mass is 16.5. The molecule has 1 aliphatic rings. The van der Waals surface area contributed by atoms with E-state index in [2.05, 4.69) is 9.97 Å². The maximum atomic E-state index is 6.02. The lowest BCUT2D eigenvalue weighted by Crippen LogP contribution is -1.96.